The van der Waals surface area contributed by atoms with Crippen molar-refractivity contribution in [1.29, 1.82) is 0 Å². The maximum Gasteiger partial charge on any atom is 0.290 e. The summed E-state index contributed by atoms with van der Waals surface area (Å²) in [5, 5.41) is 6.51. The minimum Gasteiger partial charge on any atom is -0.201 e. The van der Waals surface area contributed by atoms with Gasteiger partial charge in [-0.05, 0) is 6.42 Å². The van der Waals surface area contributed by atoms with Gasteiger partial charge < -0.3 is 0 Å². The second kappa shape index (κ2) is 6.39. The van der Waals surface area contributed by atoms with Gasteiger partial charge in [0, 0.05) is 6.54 Å². The molecule has 0 atom stereocenters. The van der Waals surface area contributed by atoms with Crippen LogP contribution in [0.25, 0.3) is 0 Å². The van der Waals surface area contributed by atoms with Crippen molar-refractivity contribution < 1.29 is 8.42 Å². The second-order valence-electron chi connectivity index (χ2n) is 2.81. The third-order valence-corrected chi connectivity index (χ3v) is 2.16. The Balaban J connectivity index is 3.12. The third-order valence-electron chi connectivity index (χ3n) is 1.57. The van der Waals surface area contributed by atoms with E-state index in [1.54, 1.807) is 0 Å². The van der Waals surface area contributed by atoms with Crippen LogP contribution < -0.4 is 9.86 Å². The van der Waals surface area contributed by atoms with E-state index in [1.165, 1.54) is 12.8 Å². The highest BCUT2D eigenvalue weighted by molar-refractivity contribution is 7.86. The molecule has 0 bridgehead atoms. The highest BCUT2D eigenvalue weighted by Gasteiger charge is 1.99. The molecular weight excluding hydrogens is 176 g/mol. The topological polar surface area (TPSA) is 70.0 Å². The summed E-state index contributed by atoms with van der Waals surface area (Å²) < 4.78 is 22.7. The molecule has 0 aliphatic carbocycles. The first-order valence-electron chi connectivity index (χ1n) is 4.30. The summed E-state index contributed by atoms with van der Waals surface area (Å²) in [7, 11) is -3.72. The van der Waals surface area contributed by atoms with Crippen LogP contribution in [-0.2, 0) is 10.2 Å². The Morgan fingerprint density at radius 3 is 2.25 bits per heavy atom. The fraction of sp³-hybridized carbons (Fsp3) is 1.00. The summed E-state index contributed by atoms with van der Waals surface area (Å²) in [6.07, 6.45) is 5.41. The molecule has 4 nitrogen and oxygen atoms in total. The number of nitrogens with one attached hydrogen (secondary N) is 2. The van der Waals surface area contributed by atoms with E-state index in [0.29, 0.717) is 6.54 Å². The Hall–Kier alpha value is -0.130. The molecule has 0 aliphatic rings. The van der Waals surface area contributed by atoms with Crippen molar-refractivity contribution in [3.05, 3.63) is 0 Å². The van der Waals surface area contributed by atoms with Crippen LogP contribution in [0.5, 0.6) is 0 Å². The largest absolute Gasteiger partial charge is 0.290 e. The van der Waals surface area contributed by atoms with Gasteiger partial charge >= 0.3 is 0 Å². The van der Waals surface area contributed by atoms with Crippen LogP contribution in [0.3, 0.4) is 0 Å². The minimum absolute atomic E-state index is 0.398. The van der Waals surface area contributed by atoms with Crippen molar-refractivity contribution in [3.63, 3.8) is 0 Å². The van der Waals surface area contributed by atoms with Gasteiger partial charge in [-0.15, -0.1) is 5.14 Å². The zero-order valence-corrected chi connectivity index (χ0v) is 8.28. The molecule has 12 heavy (non-hydrogen) atoms. The van der Waals surface area contributed by atoms with Crippen LogP contribution in [0.2, 0.25) is 0 Å². The average Bonchev–Trinajstić information content (AvgIpc) is 1.94. The van der Waals surface area contributed by atoms with Crippen LogP contribution in [0.4, 0.5) is 0 Å². The molecule has 0 amide bonds. The molecule has 5 heteroatoms. The van der Waals surface area contributed by atoms with E-state index in [1.807, 2.05) is 0 Å². The number of rotatable bonds is 7. The first-order chi connectivity index (χ1) is 5.56. The number of hydrogen-bond donors (Lipinski definition) is 1. The Bertz CT molecular complexity index is 190. The van der Waals surface area contributed by atoms with E-state index in [9.17, 15) is 8.42 Å². The van der Waals surface area contributed by atoms with E-state index in [2.05, 4.69) is 11.6 Å². The lowest BCUT2D eigenvalue weighted by atomic mass is 10.2. The maximum atomic E-state index is 10.3. The van der Waals surface area contributed by atoms with Gasteiger partial charge in [0.05, 0.1) is 0 Å². The van der Waals surface area contributed by atoms with Crippen molar-refractivity contribution >= 4 is 10.2 Å². The molecule has 0 aromatic rings. The molecule has 0 heterocycles. The van der Waals surface area contributed by atoms with Crippen LogP contribution in [-0.4, -0.2) is 15.0 Å². The average molecular weight is 193 g/mol. The number of unbranched alkanes of at least 4 members (excludes halogenated alkanes) is 4. The SMILES string of the molecule is CCCCCCCNS([NH])(=O)=O. The molecule has 0 unspecified atom stereocenters. The van der Waals surface area contributed by atoms with Gasteiger partial charge in [-0.3, -0.25) is 0 Å². The van der Waals surface area contributed by atoms with Gasteiger partial charge in [-0.1, -0.05) is 32.6 Å². The predicted molar refractivity (Wildman–Crippen MR) is 48.8 cm³/mol. The summed E-state index contributed by atoms with van der Waals surface area (Å²) in [4.78, 5) is 0. The molecule has 0 aromatic heterocycles. The summed E-state index contributed by atoms with van der Waals surface area (Å²) in [5.74, 6) is 0. The van der Waals surface area contributed by atoms with Crippen LogP contribution in [0, 0.1) is 0 Å². The molecule has 2 N–H and O–H groups in total. The second-order valence-corrected chi connectivity index (χ2v) is 4.11. The molecule has 0 rings (SSSR count). The first kappa shape index (κ1) is 11.9. The Labute approximate surface area is 74.7 Å². The molecule has 0 spiro atoms. The van der Waals surface area contributed by atoms with Gasteiger partial charge in [-0.25, -0.2) is 4.72 Å². The van der Waals surface area contributed by atoms with Crippen molar-refractivity contribution in [3.8, 4) is 0 Å². The fourth-order valence-electron chi connectivity index (χ4n) is 0.935. The fourth-order valence-corrected chi connectivity index (χ4v) is 1.35. The Kier molecular flexibility index (Phi) is 6.32. The monoisotopic (exact) mass is 193 g/mol. The summed E-state index contributed by atoms with van der Waals surface area (Å²) in [6, 6.07) is 0. The highest BCUT2D eigenvalue weighted by atomic mass is 32.2. The lowest BCUT2D eigenvalue weighted by Crippen LogP contribution is -2.24. The van der Waals surface area contributed by atoms with E-state index < -0.39 is 10.2 Å². The zero-order chi connectivity index (χ0) is 9.45. The zero-order valence-electron chi connectivity index (χ0n) is 7.47. The van der Waals surface area contributed by atoms with Gasteiger partial charge in [0.2, 0.25) is 0 Å². The molecule has 0 aliphatic heterocycles. The standard InChI is InChI=1S/C7H17N2O2S/c1-2-3-4-5-6-7-9-12(8,10)11/h8-9H,2-7H2,1H3. The van der Waals surface area contributed by atoms with E-state index in [-0.39, 0.29) is 0 Å². The van der Waals surface area contributed by atoms with Crippen LogP contribution in [0.15, 0.2) is 0 Å². The Morgan fingerprint density at radius 1 is 1.17 bits per heavy atom. The van der Waals surface area contributed by atoms with Crippen molar-refractivity contribution in [2.75, 3.05) is 6.54 Å². The van der Waals surface area contributed by atoms with Gasteiger partial charge in [0.15, 0.2) is 0 Å². The highest BCUT2D eigenvalue weighted by Crippen LogP contribution is 2.01. The normalized spacial score (nSPS) is 11.8. The molecular formula is C7H17N2O2S. The third kappa shape index (κ3) is 9.87. The smallest absolute Gasteiger partial charge is 0.201 e. The summed E-state index contributed by atoms with van der Waals surface area (Å²) >= 11 is 0. The van der Waals surface area contributed by atoms with Crippen molar-refractivity contribution in [2.45, 2.75) is 39.0 Å². The minimum atomic E-state index is -3.72. The lowest BCUT2D eigenvalue weighted by molar-refractivity contribution is 0.571. The molecule has 1 radical (unpaired) electrons. The Morgan fingerprint density at radius 2 is 1.75 bits per heavy atom. The van der Waals surface area contributed by atoms with Crippen LogP contribution in [0.1, 0.15) is 39.0 Å². The molecule has 73 valence electrons. The maximum absolute atomic E-state index is 10.3. The molecule has 0 saturated heterocycles. The van der Waals surface area contributed by atoms with E-state index >= 15 is 0 Å². The molecule has 0 fully saturated rings. The molecule has 0 saturated carbocycles. The van der Waals surface area contributed by atoms with E-state index in [0.717, 1.165) is 19.3 Å². The first-order valence-corrected chi connectivity index (χ1v) is 5.79. The summed E-state index contributed by atoms with van der Waals surface area (Å²) in [5.41, 5.74) is 0. The summed E-state index contributed by atoms with van der Waals surface area (Å²) in [6.45, 7) is 2.53. The van der Waals surface area contributed by atoms with Gasteiger partial charge in [0.25, 0.3) is 10.2 Å². The predicted octanol–water partition coefficient (Wildman–Crippen LogP) is 1.07. The van der Waals surface area contributed by atoms with Crippen molar-refractivity contribution in [1.82, 2.24) is 9.86 Å². The molecule has 0 aromatic carbocycles. The quantitative estimate of drug-likeness (QED) is 0.614. The van der Waals surface area contributed by atoms with Crippen LogP contribution >= 0.6 is 0 Å². The van der Waals surface area contributed by atoms with Gasteiger partial charge in [-0.2, -0.15) is 8.42 Å². The van der Waals surface area contributed by atoms with Gasteiger partial charge in [0.1, 0.15) is 0 Å². The number of hydrogen-bond acceptors (Lipinski definition) is 2. The van der Waals surface area contributed by atoms with Crippen molar-refractivity contribution in [2.24, 2.45) is 0 Å². The lowest BCUT2D eigenvalue weighted by Gasteiger charge is -2.00. The van der Waals surface area contributed by atoms with E-state index in [4.69, 9.17) is 5.14 Å².